The summed E-state index contributed by atoms with van der Waals surface area (Å²) in [5.74, 6) is 1.08. The average molecular weight is 346 g/mol. The molecule has 5 heteroatoms. The Morgan fingerprint density at radius 1 is 1.32 bits per heavy atom. The van der Waals surface area contributed by atoms with E-state index in [-0.39, 0.29) is 23.8 Å². The van der Waals surface area contributed by atoms with Crippen LogP contribution in [0.15, 0.2) is 18.2 Å². The monoisotopic (exact) mass is 346 g/mol. The van der Waals surface area contributed by atoms with Gasteiger partial charge in [0.15, 0.2) is 0 Å². The van der Waals surface area contributed by atoms with E-state index in [2.05, 4.69) is 17.6 Å². The maximum Gasteiger partial charge on any atom is 0.255 e. The van der Waals surface area contributed by atoms with Gasteiger partial charge in [0.25, 0.3) is 5.91 Å². The zero-order valence-electron chi connectivity index (χ0n) is 16.1. The zero-order chi connectivity index (χ0) is 18.8. The van der Waals surface area contributed by atoms with Gasteiger partial charge < -0.3 is 15.4 Å². The second-order valence-corrected chi connectivity index (χ2v) is 7.71. The third-order valence-electron chi connectivity index (χ3n) is 4.55. The van der Waals surface area contributed by atoms with E-state index in [1.54, 1.807) is 6.07 Å². The molecular formula is C20H30N2O3. The number of carbonyl (C=O) groups excluding carboxylic acids is 2. The molecule has 0 saturated heterocycles. The molecule has 2 N–H and O–H groups in total. The summed E-state index contributed by atoms with van der Waals surface area (Å²) in [4.78, 5) is 24.7. The van der Waals surface area contributed by atoms with Crippen molar-refractivity contribution >= 4 is 11.8 Å². The van der Waals surface area contributed by atoms with Gasteiger partial charge in [-0.15, -0.1) is 0 Å². The Hall–Kier alpha value is -2.04. The molecule has 25 heavy (non-hydrogen) atoms. The fourth-order valence-corrected chi connectivity index (χ4v) is 2.87. The number of hydrogen-bond donors (Lipinski definition) is 2. The van der Waals surface area contributed by atoms with Gasteiger partial charge in [-0.25, -0.2) is 0 Å². The molecule has 1 saturated carbocycles. The highest BCUT2D eigenvalue weighted by atomic mass is 16.5. The lowest BCUT2D eigenvalue weighted by molar-refractivity contribution is -0.124. The van der Waals surface area contributed by atoms with Crippen LogP contribution in [0, 0.1) is 11.8 Å². The van der Waals surface area contributed by atoms with Crippen molar-refractivity contribution in [3.63, 3.8) is 0 Å². The lowest BCUT2D eigenvalue weighted by atomic mass is 9.92. The van der Waals surface area contributed by atoms with Gasteiger partial charge in [0.2, 0.25) is 5.91 Å². The zero-order valence-corrected chi connectivity index (χ0v) is 16.1. The Kier molecular flexibility index (Phi) is 5.76. The van der Waals surface area contributed by atoms with Gasteiger partial charge in [-0.3, -0.25) is 9.59 Å². The van der Waals surface area contributed by atoms with Crippen LogP contribution in [0.2, 0.25) is 0 Å². The van der Waals surface area contributed by atoms with Crippen LogP contribution in [0.4, 0.5) is 0 Å². The molecule has 2 rings (SSSR count). The summed E-state index contributed by atoms with van der Waals surface area (Å²) >= 11 is 0. The van der Waals surface area contributed by atoms with Crippen molar-refractivity contribution < 1.29 is 14.3 Å². The molecule has 1 fully saturated rings. The quantitative estimate of drug-likeness (QED) is 0.796. The normalized spacial score (nSPS) is 19.5. The van der Waals surface area contributed by atoms with Crippen LogP contribution >= 0.6 is 0 Å². The Morgan fingerprint density at radius 3 is 2.48 bits per heavy atom. The van der Waals surface area contributed by atoms with Crippen LogP contribution in [-0.2, 0) is 10.3 Å². The second kappa shape index (κ2) is 7.46. The molecule has 0 bridgehead atoms. The minimum atomic E-state index is -0.529. The van der Waals surface area contributed by atoms with Crippen molar-refractivity contribution in [1.82, 2.24) is 10.6 Å². The molecule has 138 valence electrons. The topological polar surface area (TPSA) is 67.4 Å². The van der Waals surface area contributed by atoms with Crippen molar-refractivity contribution in [1.29, 1.82) is 0 Å². The Labute approximate surface area is 150 Å². The lowest BCUT2D eigenvalue weighted by Crippen LogP contribution is -2.42. The Balaban J connectivity index is 2.24. The molecule has 0 heterocycles. The van der Waals surface area contributed by atoms with Crippen molar-refractivity contribution in [2.24, 2.45) is 11.8 Å². The SMILES string of the molecule is CCOc1cc(C(C)(C)NC(=O)C2CC2C)ccc1C(=O)NC(C)C. The summed E-state index contributed by atoms with van der Waals surface area (Å²) in [6.07, 6.45) is 0.959. The van der Waals surface area contributed by atoms with E-state index in [1.165, 1.54) is 0 Å². The van der Waals surface area contributed by atoms with Crippen LogP contribution in [0.1, 0.15) is 63.9 Å². The minimum Gasteiger partial charge on any atom is -0.493 e. The largest absolute Gasteiger partial charge is 0.493 e. The number of amides is 2. The molecule has 2 unspecified atom stereocenters. The lowest BCUT2D eigenvalue weighted by Gasteiger charge is -2.28. The van der Waals surface area contributed by atoms with E-state index >= 15 is 0 Å². The summed E-state index contributed by atoms with van der Waals surface area (Å²) in [6.45, 7) is 12.2. The van der Waals surface area contributed by atoms with E-state index < -0.39 is 5.54 Å². The number of ether oxygens (including phenoxy) is 1. The molecule has 0 aromatic heterocycles. The first-order chi connectivity index (χ1) is 11.7. The van der Waals surface area contributed by atoms with Crippen molar-refractivity contribution in [3.8, 4) is 5.75 Å². The van der Waals surface area contributed by atoms with E-state index in [0.29, 0.717) is 23.8 Å². The average Bonchev–Trinajstić information content (AvgIpc) is 3.23. The van der Waals surface area contributed by atoms with Crippen LogP contribution in [-0.4, -0.2) is 24.5 Å². The number of nitrogens with one attached hydrogen (secondary N) is 2. The first-order valence-electron chi connectivity index (χ1n) is 9.06. The molecule has 1 aliphatic carbocycles. The summed E-state index contributed by atoms with van der Waals surface area (Å²) < 4.78 is 5.68. The number of carbonyl (C=O) groups is 2. The first kappa shape index (κ1) is 19.3. The van der Waals surface area contributed by atoms with Crippen LogP contribution in [0.5, 0.6) is 5.75 Å². The van der Waals surface area contributed by atoms with E-state index in [4.69, 9.17) is 4.74 Å². The summed E-state index contributed by atoms with van der Waals surface area (Å²) in [5, 5.41) is 6.01. The van der Waals surface area contributed by atoms with Crippen LogP contribution in [0.25, 0.3) is 0 Å². The number of rotatable bonds is 7. The molecule has 0 radical (unpaired) electrons. The molecule has 1 aromatic carbocycles. The molecule has 2 atom stereocenters. The van der Waals surface area contributed by atoms with Gasteiger partial charge in [0.1, 0.15) is 5.75 Å². The third kappa shape index (κ3) is 4.74. The Bertz CT molecular complexity index is 652. The van der Waals surface area contributed by atoms with E-state index in [9.17, 15) is 9.59 Å². The fourth-order valence-electron chi connectivity index (χ4n) is 2.87. The highest BCUT2D eigenvalue weighted by Gasteiger charge is 2.41. The highest BCUT2D eigenvalue weighted by Crippen LogP contribution is 2.39. The highest BCUT2D eigenvalue weighted by molar-refractivity contribution is 5.97. The molecule has 0 aliphatic heterocycles. The molecule has 5 nitrogen and oxygen atoms in total. The summed E-state index contributed by atoms with van der Waals surface area (Å²) in [6, 6.07) is 5.56. The molecule has 2 amide bonds. The van der Waals surface area contributed by atoms with Gasteiger partial charge in [-0.2, -0.15) is 0 Å². The van der Waals surface area contributed by atoms with Crippen LogP contribution < -0.4 is 15.4 Å². The summed E-state index contributed by atoms with van der Waals surface area (Å²) in [5.41, 5.74) is 0.897. The number of benzene rings is 1. The van der Waals surface area contributed by atoms with E-state index in [0.717, 1.165) is 12.0 Å². The predicted octanol–water partition coefficient (Wildman–Crippen LogP) is 3.23. The van der Waals surface area contributed by atoms with Gasteiger partial charge in [-0.1, -0.05) is 13.0 Å². The van der Waals surface area contributed by atoms with Gasteiger partial charge >= 0.3 is 0 Å². The second-order valence-electron chi connectivity index (χ2n) is 7.71. The maximum absolute atomic E-state index is 12.4. The standard InChI is InChI=1S/C20H30N2O3/c1-7-25-17-11-14(8-9-15(17)18(23)21-12(2)3)20(5,6)22-19(24)16-10-13(16)4/h8-9,11-13,16H,7,10H2,1-6H3,(H,21,23)(H,22,24). The fraction of sp³-hybridized carbons (Fsp3) is 0.600. The van der Waals surface area contributed by atoms with Crippen molar-refractivity contribution in [2.45, 2.75) is 59.5 Å². The smallest absolute Gasteiger partial charge is 0.255 e. The first-order valence-corrected chi connectivity index (χ1v) is 9.06. The Morgan fingerprint density at radius 2 is 1.96 bits per heavy atom. The summed E-state index contributed by atoms with van der Waals surface area (Å²) in [7, 11) is 0. The van der Waals surface area contributed by atoms with E-state index in [1.807, 2.05) is 46.8 Å². The van der Waals surface area contributed by atoms with Crippen LogP contribution in [0.3, 0.4) is 0 Å². The molecule has 1 aromatic rings. The van der Waals surface area contributed by atoms with Crippen molar-refractivity contribution in [3.05, 3.63) is 29.3 Å². The molecular weight excluding hydrogens is 316 g/mol. The minimum absolute atomic E-state index is 0.0536. The predicted molar refractivity (Wildman–Crippen MR) is 98.7 cm³/mol. The maximum atomic E-state index is 12.4. The third-order valence-corrected chi connectivity index (χ3v) is 4.55. The molecule has 0 spiro atoms. The van der Waals surface area contributed by atoms with Gasteiger partial charge in [-0.05, 0) is 64.7 Å². The van der Waals surface area contributed by atoms with Crippen molar-refractivity contribution in [2.75, 3.05) is 6.61 Å². The van der Waals surface area contributed by atoms with Gasteiger partial charge in [0.05, 0.1) is 17.7 Å². The van der Waals surface area contributed by atoms with Gasteiger partial charge in [0, 0.05) is 12.0 Å². The number of hydrogen-bond acceptors (Lipinski definition) is 3. The molecule has 1 aliphatic rings.